The largest absolute Gasteiger partial charge is 0.472 e. The molecule has 570 valence electrons. The van der Waals surface area contributed by atoms with Crippen molar-refractivity contribution in [1.29, 1.82) is 0 Å². The van der Waals surface area contributed by atoms with Crippen LogP contribution in [0.4, 0.5) is 0 Å². The highest BCUT2D eigenvalue weighted by atomic mass is 31.2. The highest BCUT2D eigenvalue weighted by Crippen LogP contribution is 2.43. The third-order valence-corrected chi connectivity index (χ3v) is 21.1. The molecule has 0 rings (SSSR count). The Hall–Kier alpha value is -1.51. The molecule has 0 aliphatic rings. The van der Waals surface area contributed by atoms with E-state index < -0.39 is 26.5 Å². The number of carbonyl (C=O) groups is 2. The van der Waals surface area contributed by atoms with Crippen LogP contribution in [0.2, 0.25) is 0 Å². The smallest absolute Gasteiger partial charge is 0.462 e. The summed E-state index contributed by atoms with van der Waals surface area (Å²) in [6.45, 7) is 3.84. The van der Waals surface area contributed by atoms with E-state index in [9.17, 15) is 19.0 Å². The van der Waals surface area contributed by atoms with Crippen molar-refractivity contribution in [2.75, 3.05) is 26.4 Å². The monoisotopic (exact) mass is 1370 g/mol. The maximum absolute atomic E-state index is 12.8. The summed E-state index contributed by atoms with van der Waals surface area (Å²) in [7, 11) is -4.39. The molecule has 0 spiro atoms. The lowest BCUT2D eigenvalue weighted by molar-refractivity contribution is -0.161. The van der Waals surface area contributed by atoms with Crippen molar-refractivity contribution in [3.05, 3.63) is 24.3 Å². The molecular formula is C86H168NO8P. The standard InChI is InChI=1S/C86H168NO8P/c1-3-5-7-9-11-13-15-17-19-21-23-25-27-29-31-33-35-37-39-41-42-43-45-47-49-51-53-55-57-59-61-63-65-67-69-71-73-75-77-79-86(89)95-84(83-94-96(90,91)93-81-80-87)82-92-85(88)78-76-74-72-70-68-66-64-62-60-58-56-54-52-50-48-46-44-40-38-36-34-32-30-28-26-24-22-20-18-16-14-12-10-8-6-4-2/h15,17,21,23,84H,3-14,16,18-20,22,24-83,87H2,1-2H3,(H,90,91)/b17-15-,23-21-. The molecule has 9 nitrogen and oxygen atoms in total. The molecule has 10 heteroatoms. The Labute approximate surface area is 599 Å². The second-order valence-electron chi connectivity index (χ2n) is 29.8. The van der Waals surface area contributed by atoms with Gasteiger partial charge in [0.2, 0.25) is 0 Å². The van der Waals surface area contributed by atoms with E-state index in [2.05, 4.69) is 38.2 Å². The van der Waals surface area contributed by atoms with Gasteiger partial charge in [-0.2, -0.15) is 0 Å². The van der Waals surface area contributed by atoms with Gasteiger partial charge in [-0.3, -0.25) is 18.6 Å². The van der Waals surface area contributed by atoms with E-state index in [4.69, 9.17) is 24.3 Å². The maximum Gasteiger partial charge on any atom is 0.472 e. The molecule has 0 saturated heterocycles. The second kappa shape index (κ2) is 82.4. The van der Waals surface area contributed by atoms with E-state index in [0.29, 0.717) is 6.42 Å². The van der Waals surface area contributed by atoms with Crippen LogP contribution in [0.3, 0.4) is 0 Å². The lowest BCUT2D eigenvalue weighted by Crippen LogP contribution is -2.29. The number of hydrogen-bond acceptors (Lipinski definition) is 8. The Kier molecular flexibility index (Phi) is 81.1. The molecule has 0 aromatic carbocycles. The normalized spacial score (nSPS) is 12.8. The zero-order valence-corrected chi connectivity index (χ0v) is 65.6. The van der Waals surface area contributed by atoms with Gasteiger partial charge in [0.1, 0.15) is 6.61 Å². The first kappa shape index (κ1) is 94.5. The summed E-state index contributed by atoms with van der Waals surface area (Å²) in [5.41, 5.74) is 5.42. The molecule has 0 aromatic rings. The van der Waals surface area contributed by atoms with Crippen LogP contribution in [0, 0.1) is 0 Å². The Morgan fingerprint density at radius 3 is 0.792 bits per heavy atom. The Morgan fingerprint density at radius 1 is 0.312 bits per heavy atom. The topological polar surface area (TPSA) is 134 Å². The van der Waals surface area contributed by atoms with E-state index in [1.54, 1.807) is 0 Å². The number of rotatable bonds is 84. The van der Waals surface area contributed by atoms with Gasteiger partial charge in [0.05, 0.1) is 13.2 Å². The number of esters is 2. The summed E-state index contributed by atoms with van der Waals surface area (Å²) in [4.78, 5) is 35.5. The first-order valence-electron chi connectivity index (χ1n) is 43.3. The van der Waals surface area contributed by atoms with E-state index in [-0.39, 0.29) is 38.6 Å². The van der Waals surface area contributed by atoms with Gasteiger partial charge < -0.3 is 20.1 Å². The average molecular weight is 1380 g/mol. The fourth-order valence-electron chi connectivity index (χ4n) is 13.7. The molecule has 3 N–H and O–H groups in total. The predicted molar refractivity (Wildman–Crippen MR) is 418 cm³/mol. The number of allylic oxidation sites excluding steroid dienone is 4. The number of carbonyl (C=O) groups excluding carboxylic acids is 2. The molecule has 0 saturated carbocycles. The number of hydrogen-bond donors (Lipinski definition) is 2. The molecule has 0 bridgehead atoms. The fourth-order valence-corrected chi connectivity index (χ4v) is 14.4. The van der Waals surface area contributed by atoms with Gasteiger partial charge in [-0.05, 0) is 44.9 Å². The molecule has 0 aliphatic heterocycles. The molecule has 0 radical (unpaired) electrons. The molecule has 0 fully saturated rings. The minimum atomic E-state index is -4.39. The number of ether oxygens (including phenoxy) is 2. The number of nitrogens with two attached hydrogens (primary N) is 1. The van der Waals surface area contributed by atoms with Crippen LogP contribution in [0.1, 0.15) is 483 Å². The van der Waals surface area contributed by atoms with Gasteiger partial charge >= 0.3 is 19.8 Å². The Bertz CT molecular complexity index is 1620. The molecule has 96 heavy (non-hydrogen) atoms. The van der Waals surface area contributed by atoms with Gasteiger partial charge in [-0.1, -0.05) is 449 Å². The summed E-state index contributed by atoms with van der Waals surface area (Å²) >= 11 is 0. The van der Waals surface area contributed by atoms with Crippen LogP contribution in [0.25, 0.3) is 0 Å². The first-order chi connectivity index (χ1) is 47.3. The van der Waals surface area contributed by atoms with Crippen molar-refractivity contribution < 1.29 is 37.6 Å². The lowest BCUT2D eigenvalue weighted by atomic mass is 10.0. The molecule has 0 aliphatic carbocycles. The van der Waals surface area contributed by atoms with Crippen molar-refractivity contribution in [2.45, 2.75) is 489 Å². The van der Waals surface area contributed by atoms with Gasteiger partial charge in [0, 0.05) is 19.4 Å². The zero-order chi connectivity index (χ0) is 69.3. The van der Waals surface area contributed by atoms with Crippen LogP contribution in [0.15, 0.2) is 24.3 Å². The third kappa shape index (κ3) is 81.5. The molecule has 0 amide bonds. The van der Waals surface area contributed by atoms with Crippen molar-refractivity contribution in [1.82, 2.24) is 0 Å². The predicted octanol–water partition coefficient (Wildman–Crippen LogP) is 29.2. The summed E-state index contributed by atoms with van der Waals surface area (Å²) in [6, 6.07) is 0. The number of phosphoric acid groups is 1. The van der Waals surface area contributed by atoms with Crippen LogP contribution in [-0.4, -0.2) is 49.3 Å². The minimum absolute atomic E-state index is 0.0578. The van der Waals surface area contributed by atoms with E-state index in [0.717, 1.165) is 38.5 Å². The van der Waals surface area contributed by atoms with E-state index in [1.807, 2.05) is 0 Å². The average Bonchev–Trinajstić information content (AvgIpc) is 3.21. The third-order valence-electron chi connectivity index (χ3n) is 20.1. The molecule has 2 atom stereocenters. The van der Waals surface area contributed by atoms with Crippen LogP contribution in [0.5, 0.6) is 0 Å². The summed E-state index contributed by atoms with van der Waals surface area (Å²) in [6.07, 6.45) is 105. The molecule has 0 heterocycles. The maximum atomic E-state index is 12.8. The Morgan fingerprint density at radius 2 is 0.542 bits per heavy atom. The fraction of sp³-hybridized carbons (Fsp3) is 0.930. The SMILES string of the molecule is CCCCCCC/C=C\C/C=C\CCCCCCCCCCCCCCCCCCCCCCCCCCCCCC(=O)OC(COC(=O)CCCCCCCCCCCCCCCCCCCCCCCCCCCCCCCCCCCCCC)COP(=O)(O)OCCN. The number of unbranched alkanes of at least 4 members (excludes halogenated alkanes) is 67. The van der Waals surface area contributed by atoms with Crippen LogP contribution in [-0.2, 0) is 32.7 Å². The Balaban J connectivity index is 3.70. The molecule has 2 unspecified atom stereocenters. The van der Waals surface area contributed by atoms with Gasteiger partial charge in [0.25, 0.3) is 0 Å². The number of phosphoric ester groups is 1. The van der Waals surface area contributed by atoms with Gasteiger partial charge in [-0.15, -0.1) is 0 Å². The van der Waals surface area contributed by atoms with Crippen molar-refractivity contribution >= 4 is 19.8 Å². The summed E-state index contributed by atoms with van der Waals surface area (Å²) in [5.74, 6) is -0.795. The second-order valence-corrected chi connectivity index (χ2v) is 31.2. The minimum Gasteiger partial charge on any atom is -0.462 e. The lowest BCUT2D eigenvalue weighted by Gasteiger charge is -2.19. The van der Waals surface area contributed by atoms with Crippen LogP contribution >= 0.6 is 7.82 Å². The molecule has 0 aromatic heterocycles. The first-order valence-corrected chi connectivity index (χ1v) is 44.8. The van der Waals surface area contributed by atoms with Gasteiger partial charge in [-0.25, -0.2) is 4.57 Å². The van der Waals surface area contributed by atoms with Gasteiger partial charge in [0.15, 0.2) is 6.10 Å². The highest BCUT2D eigenvalue weighted by molar-refractivity contribution is 7.47. The zero-order valence-electron chi connectivity index (χ0n) is 64.7. The van der Waals surface area contributed by atoms with E-state index in [1.165, 1.54) is 411 Å². The van der Waals surface area contributed by atoms with E-state index >= 15 is 0 Å². The van der Waals surface area contributed by atoms with Crippen molar-refractivity contribution in [3.8, 4) is 0 Å². The quantitative estimate of drug-likeness (QED) is 0.0264. The van der Waals surface area contributed by atoms with Crippen molar-refractivity contribution in [3.63, 3.8) is 0 Å². The van der Waals surface area contributed by atoms with Crippen molar-refractivity contribution in [2.24, 2.45) is 5.73 Å². The summed E-state index contributed by atoms with van der Waals surface area (Å²) < 4.78 is 33.3. The highest BCUT2D eigenvalue weighted by Gasteiger charge is 2.26. The summed E-state index contributed by atoms with van der Waals surface area (Å²) in [5, 5.41) is 0. The molecular weight excluding hydrogens is 1210 g/mol. The van der Waals surface area contributed by atoms with Crippen LogP contribution < -0.4 is 5.73 Å².